The lowest BCUT2D eigenvalue weighted by molar-refractivity contribution is -0.385. The van der Waals surface area contributed by atoms with Crippen molar-refractivity contribution >= 4 is 11.6 Å². The summed E-state index contributed by atoms with van der Waals surface area (Å²) in [6.45, 7) is 3.39. The van der Waals surface area contributed by atoms with Gasteiger partial charge in [0.25, 0.3) is 0 Å². The molecule has 4 rings (SSSR count). The number of hydrogen-bond acceptors (Lipinski definition) is 6. The van der Waals surface area contributed by atoms with Crippen LogP contribution in [0.5, 0.6) is 0 Å². The van der Waals surface area contributed by atoms with Gasteiger partial charge in [-0.15, -0.1) is 0 Å². The van der Waals surface area contributed by atoms with Crippen LogP contribution < -0.4 is 5.32 Å². The first-order chi connectivity index (χ1) is 13.9. The molecule has 1 aromatic carbocycles. The highest BCUT2D eigenvalue weighted by Crippen LogP contribution is 2.37. The van der Waals surface area contributed by atoms with Crippen molar-refractivity contribution in [1.82, 2.24) is 19.5 Å². The molecule has 1 aliphatic rings. The summed E-state index contributed by atoms with van der Waals surface area (Å²) in [5.74, 6) is -0.148. The molecule has 1 atom stereocenters. The molecule has 0 saturated carbocycles. The molecule has 29 heavy (non-hydrogen) atoms. The molecule has 2 aromatic heterocycles. The van der Waals surface area contributed by atoms with Crippen LogP contribution in [-0.2, 0) is 12.8 Å². The molecule has 150 valence electrons. The predicted molar refractivity (Wildman–Crippen MR) is 101 cm³/mol. The van der Waals surface area contributed by atoms with Crippen LogP contribution in [0.25, 0.3) is 5.82 Å². The normalized spacial score (nSPS) is 15.4. The summed E-state index contributed by atoms with van der Waals surface area (Å²) in [5, 5.41) is 14.6. The zero-order valence-electron chi connectivity index (χ0n) is 15.8. The lowest BCUT2D eigenvalue weighted by Crippen LogP contribution is -2.15. The Bertz CT molecular complexity index is 1110. The van der Waals surface area contributed by atoms with Gasteiger partial charge in [0.15, 0.2) is 0 Å². The number of halogens is 2. The molecule has 0 saturated heterocycles. The number of hydrogen-bond donors (Lipinski definition) is 1. The Morgan fingerprint density at radius 2 is 2.07 bits per heavy atom. The first-order valence-corrected chi connectivity index (χ1v) is 9.19. The molecule has 1 aliphatic carbocycles. The van der Waals surface area contributed by atoms with Gasteiger partial charge in [0.2, 0.25) is 11.8 Å². The molecule has 0 amide bonds. The second kappa shape index (κ2) is 7.19. The fraction of sp³-hybridized carbons (Fsp3) is 0.316. The molecule has 1 N–H and O–H groups in total. The standard InChI is InChI=1S/C19H18F2N6O2/c1-3-15-22-8-9-26(15)18-17(27(28)29)10(2)23-19(25-18)24-14-7-4-11-12(20)5-6-13(21)16(11)14/h5-6,8-9,14H,3-4,7H2,1-2H3,(H,23,24,25). The van der Waals surface area contributed by atoms with Crippen LogP contribution in [0.2, 0.25) is 0 Å². The van der Waals surface area contributed by atoms with E-state index in [1.54, 1.807) is 17.0 Å². The van der Waals surface area contributed by atoms with Gasteiger partial charge in [-0.25, -0.2) is 18.7 Å². The molecule has 0 spiro atoms. The van der Waals surface area contributed by atoms with Crippen molar-refractivity contribution in [3.8, 4) is 5.82 Å². The number of fused-ring (bicyclic) bond motifs is 1. The summed E-state index contributed by atoms with van der Waals surface area (Å²) >= 11 is 0. The van der Waals surface area contributed by atoms with Crippen molar-refractivity contribution in [1.29, 1.82) is 0 Å². The van der Waals surface area contributed by atoms with E-state index >= 15 is 0 Å². The van der Waals surface area contributed by atoms with Crippen LogP contribution >= 0.6 is 0 Å². The molecule has 1 unspecified atom stereocenters. The number of imidazole rings is 1. The monoisotopic (exact) mass is 400 g/mol. The fourth-order valence-corrected chi connectivity index (χ4v) is 3.76. The smallest absolute Gasteiger partial charge is 0.333 e. The van der Waals surface area contributed by atoms with E-state index in [0.717, 1.165) is 12.1 Å². The maximum Gasteiger partial charge on any atom is 0.333 e. The van der Waals surface area contributed by atoms with Crippen molar-refractivity contribution in [2.45, 2.75) is 39.2 Å². The maximum absolute atomic E-state index is 14.3. The van der Waals surface area contributed by atoms with Crippen LogP contribution in [0.4, 0.5) is 20.4 Å². The topological polar surface area (TPSA) is 98.8 Å². The molecule has 0 radical (unpaired) electrons. The lowest BCUT2D eigenvalue weighted by atomic mass is 10.1. The summed E-state index contributed by atoms with van der Waals surface area (Å²) in [5.41, 5.74) is 0.524. The third-order valence-corrected chi connectivity index (χ3v) is 5.07. The predicted octanol–water partition coefficient (Wildman–Crippen LogP) is 3.82. The summed E-state index contributed by atoms with van der Waals surface area (Å²) in [4.78, 5) is 23.8. The average Bonchev–Trinajstić information content (AvgIpc) is 3.31. The van der Waals surface area contributed by atoms with Crippen molar-refractivity contribution < 1.29 is 13.7 Å². The van der Waals surface area contributed by atoms with Crippen LogP contribution in [0.1, 0.15) is 42.0 Å². The first kappa shape index (κ1) is 18.9. The Labute approximate surface area is 164 Å². The van der Waals surface area contributed by atoms with Gasteiger partial charge in [-0.05, 0) is 37.5 Å². The average molecular weight is 400 g/mol. The fourth-order valence-electron chi connectivity index (χ4n) is 3.76. The summed E-state index contributed by atoms with van der Waals surface area (Å²) in [6.07, 6.45) is 4.54. The van der Waals surface area contributed by atoms with Crippen LogP contribution in [0.3, 0.4) is 0 Å². The number of nitrogens with zero attached hydrogens (tertiary/aromatic N) is 5. The SMILES string of the molecule is CCc1nccn1-c1nc(NC2CCc3c(F)ccc(F)c32)nc(C)c1[N+](=O)[O-]. The zero-order chi connectivity index (χ0) is 20.7. The molecular weight excluding hydrogens is 382 g/mol. The summed E-state index contributed by atoms with van der Waals surface area (Å²) < 4.78 is 29.9. The van der Waals surface area contributed by atoms with Gasteiger partial charge in [-0.2, -0.15) is 4.98 Å². The van der Waals surface area contributed by atoms with E-state index in [2.05, 4.69) is 20.3 Å². The number of nitrogens with one attached hydrogen (secondary N) is 1. The van der Waals surface area contributed by atoms with Crippen LogP contribution in [-0.4, -0.2) is 24.4 Å². The Hall–Kier alpha value is -3.43. The maximum atomic E-state index is 14.3. The van der Waals surface area contributed by atoms with Crippen LogP contribution in [0.15, 0.2) is 24.5 Å². The third-order valence-electron chi connectivity index (χ3n) is 5.07. The van der Waals surface area contributed by atoms with E-state index in [4.69, 9.17) is 0 Å². The molecule has 2 heterocycles. The second-order valence-corrected chi connectivity index (χ2v) is 6.79. The number of aromatic nitrogens is 4. The summed E-state index contributed by atoms with van der Waals surface area (Å²) in [6, 6.07) is 1.69. The minimum Gasteiger partial charge on any atom is -0.347 e. The highest BCUT2D eigenvalue weighted by molar-refractivity contribution is 5.55. The Morgan fingerprint density at radius 3 is 2.79 bits per heavy atom. The molecule has 0 bridgehead atoms. The number of rotatable bonds is 5. The second-order valence-electron chi connectivity index (χ2n) is 6.79. The van der Waals surface area contributed by atoms with E-state index in [1.165, 1.54) is 6.92 Å². The van der Waals surface area contributed by atoms with Crippen LogP contribution in [0, 0.1) is 28.7 Å². The van der Waals surface area contributed by atoms with Gasteiger partial charge >= 0.3 is 5.69 Å². The lowest BCUT2D eigenvalue weighted by Gasteiger charge is -2.16. The molecule has 8 nitrogen and oxygen atoms in total. The quantitative estimate of drug-likeness (QED) is 0.516. The molecule has 3 aromatic rings. The van der Waals surface area contributed by atoms with Crippen molar-refractivity contribution in [2.75, 3.05) is 5.32 Å². The van der Waals surface area contributed by atoms with Crippen molar-refractivity contribution in [2.24, 2.45) is 0 Å². The minimum absolute atomic E-state index is 0.0808. The number of anilines is 1. The Balaban J connectivity index is 1.78. The van der Waals surface area contributed by atoms with E-state index in [1.807, 2.05) is 6.92 Å². The Kier molecular flexibility index (Phi) is 4.69. The Morgan fingerprint density at radius 1 is 1.31 bits per heavy atom. The highest BCUT2D eigenvalue weighted by Gasteiger charge is 2.31. The third kappa shape index (κ3) is 3.20. The number of aryl methyl sites for hydroxylation is 2. The van der Waals surface area contributed by atoms with Crippen molar-refractivity contribution in [3.05, 3.63) is 68.9 Å². The molecule has 10 heteroatoms. The van der Waals surface area contributed by atoms with E-state index < -0.39 is 22.6 Å². The zero-order valence-corrected chi connectivity index (χ0v) is 15.8. The largest absolute Gasteiger partial charge is 0.347 e. The number of nitro groups is 1. The molecular formula is C19H18F2N6O2. The minimum atomic E-state index is -0.534. The van der Waals surface area contributed by atoms with Gasteiger partial charge in [-0.1, -0.05) is 6.92 Å². The van der Waals surface area contributed by atoms with Crippen molar-refractivity contribution in [3.63, 3.8) is 0 Å². The van der Waals surface area contributed by atoms with E-state index in [0.29, 0.717) is 30.7 Å². The highest BCUT2D eigenvalue weighted by atomic mass is 19.1. The van der Waals surface area contributed by atoms with Gasteiger partial charge in [-0.3, -0.25) is 14.7 Å². The van der Waals surface area contributed by atoms with Gasteiger partial charge in [0.05, 0.1) is 11.0 Å². The molecule has 0 fully saturated rings. The van der Waals surface area contributed by atoms with Gasteiger partial charge < -0.3 is 5.32 Å². The van der Waals surface area contributed by atoms with Gasteiger partial charge in [0.1, 0.15) is 23.2 Å². The van der Waals surface area contributed by atoms with Gasteiger partial charge in [0, 0.05) is 24.4 Å². The van der Waals surface area contributed by atoms with E-state index in [9.17, 15) is 18.9 Å². The number of benzene rings is 1. The van der Waals surface area contributed by atoms with E-state index in [-0.39, 0.29) is 28.7 Å². The molecule has 0 aliphatic heterocycles. The summed E-state index contributed by atoms with van der Waals surface area (Å²) in [7, 11) is 0. The first-order valence-electron chi connectivity index (χ1n) is 9.19.